The van der Waals surface area contributed by atoms with Gasteiger partial charge in [0.05, 0.1) is 5.52 Å². The van der Waals surface area contributed by atoms with E-state index < -0.39 is 0 Å². The van der Waals surface area contributed by atoms with Crippen LogP contribution in [0.15, 0.2) is 27.4 Å². The number of aromatic nitrogens is 2. The first-order valence-electron chi connectivity index (χ1n) is 3.44. The Morgan fingerprint density at radius 1 is 1.08 bits per heavy atom. The van der Waals surface area contributed by atoms with Gasteiger partial charge in [-0.05, 0) is 44.0 Å². The van der Waals surface area contributed by atoms with E-state index in [9.17, 15) is 0 Å². The van der Waals surface area contributed by atoms with E-state index in [4.69, 9.17) is 11.6 Å². The summed E-state index contributed by atoms with van der Waals surface area (Å²) in [5, 5.41) is 1.32. The van der Waals surface area contributed by atoms with Crippen LogP contribution in [-0.4, -0.2) is 9.97 Å². The highest BCUT2D eigenvalue weighted by Crippen LogP contribution is 2.29. The molecule has 0 aliphatic rings. The summed E-state index contributed by atoms with van der Waals surface area (Å²) < 4.78 is 1.89. The third-order valence-corrected chi connectivity index (χ3v) is 3.77. The number of hydrogen-bond acceptors (Lipinski definition) is 2. The van der Waals surface area contributed by atoms with E-state index in [1.807, 2.05) is 12.1 Å². The van der Waals surface area contributed by atoms with Crippen LogP contribution < -0.4 is 0 Å². The first-order chi connectivity index (χ1) is 6.18. The van der Waals surface area contributed by atoms with Crippen LogP contribution in [0.5, 0.6) is 0 Å². The molecule has 1 aromatic heterocycles. The summed E-state index contributed by atoms with van der Waals surface area (Å²) in [6.07, 6.45) is 1.45. The molecule has 66 valence electrons. The fourth-order valence-corrected chi connectivity index (χ4v) is 1.89. The number of fused-ring (bicyclic) bond motifs is 1. The molecule has 0 N–H and O–H groups in total. The Labute approximate surface area is 96.6 Å². The number of benzene rings is 1. The van der Waals surface area contributed by atoms with Crippen molar-refractivity contribution < 1.29 is 0 Å². The van der Waals surface area contributed by atoms with Crippen molar-refractivity contribution >= 4 is 54.4 Å². The van der Waals surface area contributed by atoms with Gasteiger partial charge in [0.15, 0.2) is 0 Å². The summed E-state index contributed by atoms with van der Waals surface area (Å²) in [4.78, 5) is 7.99. The lowest BCUT2D eigenvalue weighted by Crippen LogP contribution is -1.84. The van der Waals surface area contributed by atoms with Gasteiger partial charge in [-0.1, -0.05) is 11.6 Å². The molecule has 2 aromatic rings. The van der Waals surface area contributed by atoms with Crippen LogP contribution in [-0.2, 0) is 0 Å². The Bertz CT molecular complexity index is 473. The highest BCUT2D eigenvalue weighted by atomic mass is 79.9. The minimum absolute atomic E-state index is 0.471. The summed E-state index contributed by atoms with van der Waals surface area (Å²) in [5.41, 5.74) is 0.829. The number of rotatable bonds is 0. The van der Waals surface area contributed by atoms with Crippen molar-refractivity contribution in [2.75, 3.05) is 0 Å². The molecule has 0 aliphatic carbocycles. The monoisotopic (exact) mass is 320 g/mol. The predicted octanol–water partition coefficient (Wildman–Crippen LogP) is 3.81. The van der Waals surface area contributed by atoms with Gasteiger partial charge in [0.2, 0.25) is 0 Å². The smallest absolute Gasteiger partial charge is 0.140 e. The zero-order valence-electron chi connectivity index (χ0n) is 6.26. The van der Waals surface area contributed by atoms with Gasteiger partial charge >= 0.3 is 0 Å². The Balaban J connectivity index is 2.89. The topological polar surface area (TPSA) is 25.8 Å². The second kappa shape index (κ2) is 3.52. The fraction of sp³-hybridized carbons (Fsp3) is 0. The normalized spacial score (nSPS) is 10.7. The lowest BCUT2D eigenvalue weighted by atomic mass is 10.2. The molecule has 2 nitrogen and oxygen atoms in total. The maximum Gasteiger partial charge on any atom is 0.140 e. The minimum Gasteiger partial charge on any atom is -0.236 e. The molecule has 0 bridgehead atoms. The molecule has 1 heterocycles. The summed E-state index contributed by atoms with van der Waals surface area (Å²) in [6.45, 7) is 0. The Hall–Kier alpha value is -0.190. The maximum atomic E-state index is 5.89. The zero-order valence-corrected chi connectivity index (χ0v) is 10.2. The van der Waals surface area contributed by atoms with Crippen LogP contribution >= 0.6 is 43.5 Å². The van der Waals surface area contributed by atoms with Gasteiger partial charge in [-0.15, -0.1) is 0 Å². The van der Waals surface area contributed by atoms with E-state index in [2.05, 4.69) is 41.8 Å². The van der Waals surface area contributed by atoms with Gasteiger partial charge in [0.1, 0.15) is 11.5 Å². The molecular formula is C8H3Br2ClN2. The molecule has 13 heavy (non-hydrogen) atoms. The first kappa shape index (κ1) is 9.37. The molecule has 0 aliphatic heterocycles. The fourth-order valence-electron chi connectivity index (χ4n) is 1.02. The van der Waals surface area contributed by atoms with Crippen molar-refractivity contribution in [2.45, 2.75) is 0 Å². The summed E-state index contributed by atoms with van der Waals surface area (Å²) >= 11 is 12.7. The number of nitrogens with zero attached hydrogens (tertiary/aromatic N) is 2. The molecule has 0 radical (unpaired) electrons. The largest absolute Gasteiger partial charge is 0.236 e. The van der Waals surface area contributed by atoms with Crippen LogP contribution in [0.2, 0.25) is 5.15 Å². The summed E-state index contributed by atoms with van der Waals surface area (Å²) in [7, 11) is 0. The van der Waals surface area contributed by atoms with Gasteiger partial charge in [-0.25, -0.2) is 9.97 Å². The maximum absolute atomic E-state index is 5.89. The van der Waals surface area contributed by atoms with E-state index in [1.54, 1.807) is 0 Å². The van der Waals surface area contributed by atoms with E-state index >= 15 is 0 Å². The van der Waals surface area contributed by atoms with Crippen LogP contribution in [0, 0.1) is 0 Å². The minimum atomic E-state index is 0.471. The molecule has 0 amide bonds. The molecule has 1 aromatic carbocycles. The van der Waals surface area contributed by atoms with Crippen LogP contribution in [0.4, 0.5) is 0 Å². The average molecular weight is 322 g/mol. The van der Waals surface area contributed by atoms with Crippen molar-refractivity contribution in [1.29, 1.82) is 0 Å². The zero-order chi connectivity index (χ0) is 9.42. The average Bonchev–Trinajstić information content (AvgIpc) is 2.09. The third-order valence-electron chi connectivity index (χ3n) is 1.63. The van der Waals surface area contributed by atoms with Crippen molar-refractivity contribution in [3.63, 3.8) is 0 Å². The molecule has 0 saturated carbocycles. The van der Waals surface area contributed by atoms with Gasteiger partial charge in [-0.3, -0.25) is 0 Å². The second-order valence-electron chi connectivity index (χ2n) is 2.45. The third kappa shape index (κ3) is 1.71. The van der Waals surface area contributed by atoms with Gasteiger partial charge in [0, 0.05) is 14.3 Å². The van der Waals surface area contributed by atoms with E-state index in [1.165, 1.54) is 6.33 Å². The Morgan fingerprint density at radius 3 is 2.54 bits per heavy atom. The molecule has 0 unspecified atom stereocenters. The summed E-state index contributed by atoms with van der Waals surface area (Å²) in [5.74, 6) is 0. The van der Waals surface area contributed by atoms with E-state index in [-0.39, 0.29) is 0 Å². The van der Waals surface area contributed by atoms with Crippen molar-refractivity contribution in [1.82, 2.24) is 9.97 Å². The van der Waals surface area contributed by atoms with Crippen LogP contribution in [0.3, 0.4) is 0 Å². The molecule has 0 atom stereocenters. The van der Waals surface area contributed by atoms with Crippen LogP contribution in [0.25, 0.3) is 10.9 Å². The molecule has 0 fully saturated rings. The predicted molar refractivity (Wildman–Crippen MR) is 59.9 cm³/mol. The standard InChI is InChI=1S/C8H3Br2ClN2/c9-5-1-4-7(2-6(5)10)12-3-13-8(4)11/h1-3H. The molecule has 5 heteroatoms. The quantitative estimate of drug-likeness (QED) is 0.689. The lowest BCUT2D eigenvalue weighted by Gasteiger charge is -2.00. The van der Waals surface area contributed by atoms with Crippen molar-refractivity contribution in [3.05, 3.63) is 32.6 Å². The highest BCUT2D eigenvalue weighted by Gasteiger charge is 2.04. The first-order valence-corrected chi connectivity index (χ1v) is 5.40. The van der Waals surface area contributed by atoms with Gasteiger partial charge < -0.3 is 0 Å². The molecule has 0 saturated heterocycles. The Kier molecular flexibility index (Phi) is 2.53. The Morgan fingerprint density at radius 2 is 1.77 bits per heavy atom. The lowest BCUT2D eigenvalue weighted by molar-refractivity contribution is 1.22. The molecule has 2 rings (SSSR count). The second-order valence-corrected chi connectivity index (χ2v) is 4.51. The van der Waals surface area contributed by atoms with Gasteiger partial charge in [-0.2, -0.15) is 0 Å². The van der Waals surface area contributed by atoms with E-state index in [0.29, 0.717) is 5.15 Å². The summed E-state index contributed by atoms with van der Waals surface area (Å²) in [6, 6.07) is 3.79. The van der Waals surface area contributed by atoms with Crippen molar-refractivity contribution in [3.8, 4) is 0 Å². The SMILES string of the molecule is Clc1ncnc2cc(Br)c(Br)cc12. The number of hydrogen-bond donors (Lipinski definition) is 0. The highest BCUT2D eigenvalue weighted by molar-refractivity contribution is 9.13. The van der Waals surface area contributed by atoms with Crippen LogP contribution in [0.1, 0.15) is 0 Å². The molecular weight excluding hydrogens is 319 g/mol. The van der Waals surface area contributed by atoms with Crippen molar-refractivity contribution in [2.24, 2.45) is 0 Å². The van der Waals surface area contributed by atoms with Gasteiger partial charge in [0.25, 0.3) is 0 Å². The number of halogens is 3. The molecule has 0 spiro atoms. The van der Waals surface area contributed by atoms with E-state index in [0.717, 1.165) is 19.8 Å².